The van der Waals surface area contributed by atoms with E-state index in [9.17, 15) is 8.78 Å². The van der Waals surface area contributed by atoms with Crippen LogP contribution in [0.4, 0.5) is 8.78 Å². The first-order valence-corrected chi connectivity index (χ1v) is 4.89. The molecular weight excluding hydrogens is 192 g/mol. The first-order chi connectivity index (χ1) is 6.70. The lowest BCUT2D eigenvalue weighted by atomic mass is 10.4. The fourth-order valence-electron chi connectivity index (χ4n) is 1.17. The van der Waals surface area contributed by atoms with E-state index in [2.05, 4.69) is 0 Å². The van der Waals surface area contributed by atoms with Crippen LogP contribution >= 0.6 is 0 Å². The highest BCUT2D eigenvalue weighted by molar-refractivity contribution is 4.58. The van der Waals surface area contributed by atoms with E-state index in [1.165, 1.54) is 0 Å². The van der Waals surface area contributed by atoms with Crippen molar-refractivity contribution in [2.45, 2.75) is 19.8 Å². The van der Waals surface area contributed by atoms with Gasteiger partial charge < -0.3 is 9.84 Å². The second kappa shape index (κ2) is 9.30. The van der Waals surface area contributed by atoms with Gasteiger partial charge in [-0.2, -0.15) is 0 Å². The topological polar surface area (TPSA) is 32.7 Å². The maximum absolute atomic E-state index is 12.0. The Kier molecular flexibility index (Phi) is 9.13. The molecule has 0 aliphatic carbocycles. The normalized spacial score (nSPS) is 11.6. The molecule has 0 aliphatic rings. The molecule has 0 rings (SSSR count). The third kappa shape index (κ3) is 8.34. The number of halogens is 2. The summed E-state index contributed by atoms with van der Waals surface area (Å²) in [5.74, 6) is 0. The molecule has 0 spiro atoms. The third-order valence-corrected chi connectivity index (χ3v) is 1.78. The summed E-state index contributed by atoms with van der Waals surface area (Å²) in [6.07, 6.45) is -1.62. The number of alkyl halides is 2. The lowest BCUT2D eigenvalue weighted by Gasteiger charge is -2.20. The Morgan fingerprint density at radius 3 is 2.57 bits per heavy atom. The molecule has 0 aliphatic heterocycles. The van der Waals surface area contributed by atoms with Crippen LogP contribution < -0.4 is 0 Å². The van der Waals surface area contributed by atoms with Gasteiger partial charge in [-0.1, -0.05) is 0 Å². The molecule has 0 atom stereocenters. The molecule has 0 aromatic carbocycles. The molecule has 5 heteroatoms. The van der Waals surface area contributed by atoms with E-state index in [1.54, 1.807) is 4.90 Å². The van der Waals surface area contributed by atoms with Gasteiger partial charge in [-0.15, -0.1) is 0 Å². The zero-order valence-corrected chi connectivity index (χ0v) is 8.59. The van der Waals surface area contributed by atoms with Gasteiger partial charge in [0.05, 0.1) is 13.2 Å². The second-order valence-electron chi connectivity index (χ2n) is 2.97. The summed E-state index contributed by atoms with van der Waals surface area (Å²) in [6, 6.07) is 0. The zero-order chi connectivity index (χ0) is 10.8. The summed E-state index contributed by atoms with van der Waals surface area (Å²) in [5, 5.41) is 8.63. The number of hydrogen-bond donors (Lipinski definition) is 1. The van der Waals surface area contributed by atoms with Gasteiger partial charge in [0.25, 0.3) is 6.43 Å². The van der Waals surface area contributed by atoms with Crippen molar-refractivity contribution in [2.75, 3.05) is 39.5 Å². The Hall–Kier alpha value is -0.260. The van der Waals surface area contributed by atoms with E-state index in [0.717, 1.165) is 6.42 Å². The molecule has 0 heterocycles. The van der Waals surface area contributed by atoms with E-state index in [0.29, 0.717) is 26.3 Å². The number of ether oxygens (including phenoxy) is 1. The van der Waals surface area contributed by atoms with Gasteiger partial charge in [0.1, 0.15) is 0 Å². The SMILES string of the molecule is CCOCCCN(CCO)CC(F)F. The quantitative estimate of drug-likeness (QED) is 0.577. The molecular formula is C9H19F2NO2. The summed E-state index contributed by atoms with van der Waals surface area (Å²) in [4.78, 5) is 1.55. The Labute approximate surface area is 83.7 Å². The maximum Gasteiger partial charge on any atom is 0.251 e. The average molecular weight is 211 g/mol. The lowest BCUT2D eigenvalue weighted by molar-refractivity contribution is 0.0690. The molecule has 3 nitrogen and oxygen atoms in total. The van der Waals surface area contributed by atoms with Crippen LogP contribution in [0.2, 0.25) is 0 Å². The van der Waals surface area contributed by atoms with Crippen LogP contribution in [0, 0.1) is 0 Å². The molecule has 0 amide bonds. The Morgan fingerprint density at radius 2 is 2.07 bits per heavy atom. The van der Waals surface area contributed by atoms with Crippen molar-refractivity contribution in [1.29, 1.82) is 0 Å². The van der Waals surface area contributed by atoms with Crippen LogP contribution in [0.3, 0.4) is 0 Å². The standard InChI is InChI=1S/C9H19F2NO2/c1-2-14-7-3-4-12(5-6-13)8-9(10)11/h9,13H,2-8H2,1H3. The molecule has 0 unspecified atom stereocenters. The summed E-state index contributed by atoms with van der Waals surface area (Å²) >= 11 is 0. The van der Waals surface area contributed by atoms with Crippen molar-refractivity contribution >= 4 is 0 Å². The highest BCUT2D eigenvalue weighted by atomic mass is 19.3. The molecule has 0 saturated heterocycles. The Balaban J connectivity index is 3.51. The minimum Gasteiger partial charge on any atom is -0.395 e. The third-order valence-electron chi connectivity index (χ3n) is 1.78. The van der Waals surface area contributed by atoms with Crippen LogP contribution in [0.15, 0.2) is 0 Å². The first-order valence-electron chi connectivity index (χ1n) is 4.89. The molecule has 0 bridgehead atoms. The lowest BCUT2D eigenvalue weighted by Crippen LogP contribution is -2.33. The second-order valence-corrected chi connectivity index (χ2v) is 2.97. The molecule has 1 N–H and O–H groups in total. The van der Waals surface area contributed by atoms with E-state index >= 15 is 0 Å². The van der Waals surface area contributed by atoms with Crippen molar-refractivity contribution in [1.82, 2.24) is 4.90 Å². The number of aliphatic hydroxyl groups excluding tert-OH is 1. The fourth-order valence-corrected chi connectivity index (χ4v) is 1.17. The van der Waals surface area contributed by atoms with Crippen molar-refractivity contribution < 1.29 is 18.6 Å². The van der Waals surface area contributed by atoms with Crippen LogP contribution in [0.1, 0.15) is 13.3 Å². The average Bonchev–Trinajstić information content (AvgIpc) is 2.12. The smallest absolute Gasteiger partial charge is 0.251 e. The van der Waals surface area contributed by atoms with Gasteiger partial charge in [0.15, 0.2) is 0 Å². The van der Waals surface area contributed by atoms with Gasteiger partial charge in [-0.25, -0.2) is 8.78 Å². The molecule has 14 heavy (non-hydrogen) atoms. The summed E-state index contributed by atoms with van der Waals surface area (Å²) in [7, 11) is 0. The van der Waals surface area contributed by atoms with E-state index in [4.69, 9.17) is 9.84 Å². The van der Waals surface area contributed by atoms with Crippen molar-refractivity contribution in [2.24, 2.45) is 0 Å². The zero-order valence-electron chi connectivity index (χ0n) is 8.59. The van der Waals surface area contributed by atoms with Crippen LogP contribution in [0.25, 0.3) is 0 Å². The molecule has 0 radical (unpaired) electrons. The Bertz CT molecular complexity index is 125. The van der Waals surface area contributed by atoms with Crippen molar-refractivity contribution in [3.05, 3.63) is 0 Å². The number of nitrogens with zero attached hydrogens (tertiary/aromatic N) is 1. The Morgan fingerprint density at radius 1 is 1.36 bits per heavy atom. The predicted octanol–water partition coefficient (Wildman–Crippen LogP) is 0.972. The minimum atomic E-state index is -2.34. The van der Waals surface area contributed by atoms with Crippen LogP contribution in [0.5, 0.6) is 0 Å². The summed E-state index contributed by atoms with van der Waals surface area (Å²) in [5.41, 5.74) is 0. The van der Waals surface area contributed by atoms with Gasteiger partial charge >= 0.3 is 0 Å². The molecule has 0 fully saturated rings. The molecule has 0 aromatic rings. The molecule has 0 saturated carbocycles. The number of rotatable bonds is 9. The van der Waals surface area contributed by atoms with Gasteiger partial charge in [-0.3, -0.25) is 4.90 Å². The predicted molar refractivity (Wildman–Crippen MR) is 50.6 cm³/mol. The molecule has 0 aromatic heterocycles. The highest BCUT2D eigenvalue weighted by Gasteiger charge is 2.10. The van der Waals surface area contributed by atoms with E-state index in [-0.39, 0.29) is 13.2 Å². The largest absolute Gasteiger partial charge is 0.395 e. The molecule has 86 valence electrons. The van der Waals surface area contributed by atoms with Gasteiger partial charge in [0, 0.05) is 26.3 Å². The van der Waals surface area contributed by atoms with Crippen molar-refractivity contribution in [3.63, 3.8) is 0 Å². The van der Waals surface area contributed by atoms with Gasteiger partial charge in [0.2, 0.25) is 0 Å². The number of aliphatic hydroxyl groups is 1. The van der Waals surface area contributed by atoms with E-state index in [1.807, 2.05) is 6.92 Å². The first kappa shape index (κ1) is 13.7. The minimum absolute atomic E-state index is 0.0820. The van der Waals surface area contributed by atoms with Crippen LogP contribution in [-0.4, -0.2) is 55.9 Å². The summed E-state index contributed by atoms with van der Waals surface area (Å²) in [6.45, 7) is 3.62. The van der Waals surface area contributed by atoms with E-state index < -0.39 is 6.43 Å². The monoisotopic (exact) mass is 211 g/mol. The maximum atomic E-state index is 12.0. The van der Waals surface area contributed by atoms with Crippen molar-refractivity contribution in [3.8, 4) is 0 Å². The highest BCUT2D eigenvalue weighted by Crippen LogP contribution is 1.99. The van der Waals surface area contributed by atoms with Gasteiger partial charge in [-0.05, 0) is 13.3 Å². The number of hydrogen-bond acceptors (Lipinski definition) is 3. The van der Waals surface area contributed by atoms with Crippen LogP contribution in [-0.2, 0) is 4.74 Å². The fraction of sp³-hybridized carbons (Fsp3) is 1.00. The summed E-state index contributed by atoms with van der Waals surface area (Å²) < 4.78 is 29.1.